The number of aliphatic hydroxyl groups is 2. The van der Waals surface area contributed by atoms with E-state index in [0.717, 1.165) is 6.42 Å². The first kappa shape index (κ1) is 21.6. The van der Waals surface area contributed by atoms with Crippen LogP contribution in [0, 0.1) is 0 Å². The highest BCUT2D eigenvalue weighted by atomic mass is 32.2. The Balaban J connectivity index is 1.66. The molecule has 0 radical (unpaired) electrons. The standard InChI is InChI=1S/C15H22N6O7S2/c1-6-8(2-3-26-6)29-14-9-12(16)18-5-19-13(9)21(20-14)15-11(23)10(22)7(28-15)4-27-30(17,24)25/h5-8,10-11,15,22-23H,2-4H2,1H3,(H2,16,18,19)(H2,17,24,25)/t6-,7-,8-,10-,11-,15-/m1/s1. The Morgan fingerprint density at radius 1 is 1.37 bits per heavy atom. The molecule has 13 nitrogen and oxygen atoms in total. The van der Waals surface area contributed by atoms with Gasteiger partial charge in [0, 0.05) is 11.9 Å². The lowest BCUT2D eigenvalue weighted by molar-refractivity contribution is -0.0532. The quantitative estimate of drug-likeness (QED) is 0.389. The molecule has 2 aromatic heterocycles. The van der Waals surface area contributed by atoms with Gasteiger partial charge >= 0.3 is 10.3 Å². The smallest absolute Gasteiger partial charge is 0.333 e. The Morgan fingerprint density at radius 3 is 2.80 bits per heavy atom. The van der Waals surface area contributed by atoms with Crippen molar-refractivity contribution < 1.29 is 32.3 Å². The Morgan fingerprint density at radius 2 is 2.13 bits per heavy atom. The van der Waals surface area contributed by atoms with Crippen LogP contribution in [0.1, 0.15) is 19.6 Å². The second-order valence-corrected chi connectivity index (χ2v) is 9.50. The molecule has 2 fully saturated rings. The number of nitrogens with zero attached hydrogens (tertiary/aromatic N) is 4. The lowest BCUT2D eigenvalue weighted by Crippen LogP contribution is -2.35. The highest BCUT2D eigenvalue weighted by Gasteiger charge is 2.46. The van der Waals surface area contributed by atoms with Gasteiger partial charge in [0.15, 0.2) is 11.9 Å². The van der Waals surface area contributed by atoms with E-state index in [-0.39, 0.29) is 17.2 Å². The number of nitrogens with two attached hydrogens (primary N) is 2. The summed E-state index contributed by atoms with van der Waals surface area (Å²) in [4.78, 5) is 8.24. The van der Waals surface area contributed by atoms with Gasteiger partial charge in [0.1, 0.15) is 35.5 Å². The van der Waals surface area contributed by atoms with Gasteiger partial charge in [-0.15, -0.1) is 0 Å². The first-order valence-corrected chi connectivity index (χ1v) is 11.5. The van der Waals surface area contributed by atoms with Crippen molar-refractivity contribution in [3.63, 3.8) is 0 Å². The van der Waals surface area contributed by atoms with Gasteiger partial charge in [-0.1, -0.05) is 11.8 Å². The third-order valence-corrected chi connectivity index (χ3v) is 6.93. The van der Waals surface area contributed by atoms with E-state index in [9.17, 15) is 18.6 Å². The monoisotopic (exact) mass is 462 g/mol. The third-order valence-electron chi connectivity index (χ3n) is 5.03. The van der Waals surface area contributed by atoms with Crippen LogP contribution in [-0.4, -0.2) is 81.3 Å². The summed E-state index contributed by atoms with van der Waals surface area (Å²) in [5, 5.41) is 31.3. The van der Waals surface area contributed by atoms with Crippen molar-refractivity contribution in [2.45, 2.75) is 54.3 Å². The molecule has 0 bridgehead atoms. The Hall–Kier alpha value is -1.59. The fourth-order valence-corrected chi connectivity index (χ4v) is 5.01. The van der Waals surface area contributed by atoms with Crippen LogP contribution in [0.2, 0.25) is 0 Å². The lowest BCUT2D eigenvalue weighted by Gasteiger charge is -2.15. The molecule has 15 heteroatoms. The molecule has 2 aromatic rings. The largest absolute Gasteiger partial charge is 0.387 e. The average Bonchev–Trinajstić information content (AvgIpc) is 3.32. The van der Waals surface area contributed by atoms with Gasteiger partial charge in [0.2, 0.25) is 0 Å². The van der Waals surface area contributed by atoms with Gasteiger partial charge in [-0.2, -0.15) is 13.5 Å². The number of ether oxygens (including phenoxy) is 2. The molecule has 2 aliphatic heterocycles. The summed E-state index contributed by atoms with van der Waals surface area (Å²) >= 11 is 1.46. The average molecular weight is 463 g/mol. The molecule has 166 valence electrons. The Bertz CT molecular complexity index is 1030. The van der Waals surface area contributed by atoms with Crippen molar-refractivity contribution in [2.75, 3.05) is 18.9 Å². The minimum atomic E-state index is -4.24. The van der Waals surface area contributed by atoms with Crippen LogP contribution in [0.5, 0.6) is 0 Å². The van der Waals surface area contributed by atoms with Crippen LogP contribution < -0.4 is 10.9 Å². The number of thioether (sulfide) groups is 1. The number of aliphatic hydroxyl groups excluding tert-OH is 2. The molecule has 0 saturated carbocycles. The molecule has 0 aromatic carbocycles. The van der Waals surface area contributed by atoms with Crippen molar-refractivity contribution in [3.05, 3.63) is 6.33 Å². The minimum absolute atomic E-state index is 0.0240. The molecule has 2 saturated heterocycles. The third kappa shape index (κ3) is 4.11. The van der Waals surface area contributed by atoms with Crippen molar-refractivity contribution >= 4 is 38.9 Å². The fraction of sp³-hybridized carbons (Fsp3) is 0.667. The van der Waals surface area contributed by atoms with E-state index in [2.05, 4.69) is 19.2 Å². The van der Waals surface area contributed by atoms with Crippen LogP contribution in [-0.2, 0) is 24.0 Å². The molecular weight excluding hydrogens is 440 g/mol. The number of aromatic nitrogens is 4. The summed E-state index contributed by atoms with van der Waals surface area (Å²) < 4.78 is 39.1. The second-order valence-electron chi connectivity index (χ2n) is 7.05. The predicted molar refractivity (Wildman–Crippen MR) is 104 cm³/mol. The number of fused-ring (bicyclic) bond motifs is 1. The number of hydrogen-bond acceptors (Lipinski definition) is 12. The van der Waals surface area contributed by atoms with E-state index in [1.165, 1.54) is 22.8 Å². The highest BCUT2D eigenvalue weighted by Crippen LogP contribution is 2.39. The van der Waals surface area contributed by atoms with E-state index in [0.29, 0.717) is 22.7 Å². The summed E-state index contributed by atoms with van der Waals surface area (Å²) in [6, 6.07) is 0. The zero-order valence-corrected chi connectivity index (χ0v) is 17.5. The molecule has 0 amide bonds. The maximum absolute atomic E-state index is 11.0. The summed E-state index contributed by atoms with van der Waals surface area (Å²) in [6.45, 7) is 2.05. The summed E-state index contributed by atoms with van der Waals surface area (Å²) in [5.74, 6) is 0.211. The van der Waals surface area contributed by atoms with Gasteiger partial charge in [0.25, 0.3) is 0 Å². The highest BCUT2D eigenvalue weighted by molar-refractivity contribution is 8.00. The van der Waals surface area contributed by atoms with Crippen molar-refractivity contribution in [1.29, 1.82) is 0 Å². The number of hydrogen-bond donors (Lipinski definition) is 4. The lowest BCUT2D eigenvalue weighted by atomic mass is 10.1. The molecule has 4 rings (SSSR count). The molecule has 2 aliphatic rings. The maximum atomic E-state index is 11.0. The van der Waals surface area contributed by atoms with E-state index < -0.39 is 41.5 Å². The zero-order chi connectivity index (χ0) is 21.6. The summed E-state index contributed by atoms with van der Waals surface area (Å²) in [5.41, 5.74) is 6.37. The van der Waals surface area contributed by atoms with Crippen LogP contribution >= 0.6 is 11.8 Å². The number of anilines is 1. The van der Waals surface area contributed by atoms with Gasteiger partial charge in [-0.25, -0.2) is 19.8 Å². The van der Waals surface area contributed by atoms with Gasteiger partial charge in [0.05, 0.1) is 18.1 Å². The molecule has 0 aliphatic carbocycles. The predicted octanol–water partition coefficient (Wildman–Crippen LogP) is -1.48. The summed E-state index contributed by atoms with van der Waals surface area (Å²) in [7, 11) is -4.24. The van der Waals surface area contributed by atoms with E-state index in [1.54, 1.807) is 0 Å². The van der Waals surface area contributed by atoms with Crippen molar-refractivity contribution in [3.8, 4) is 0 Å². The van der Waals surface area contributed by atoms with Crippen molar-refractivity contribution in [2.24, 2.45) is 5.14 Å². The first-order chi connectivity index (χ1) is 14.2. The molecule has 4 heterocycles. The van der Waals surface area contributed by atoms with Gasteiger partial charge in [-0.05, 0) is 13.3 Å². The SMILES string of the molecule is C[C@H]1OCC[C@H]1Sc1nn([C@@H]2O[C@H](COS(N)(=O)=O)[C@@H](O)[C@H]2O)c2ncnc(N)c12. The van der Waals surface area contributed by atoms with E-state index in [4.69, 9.17) is 20.3 Å². The minimum Gasteiger partial charge on any atom is -0.387 e. The first-order valence-electron chi connectivity index (χ1n) is 9.11. The molecule has 6 N–H and O–H groups in total. The van der Waals surface area contributed by atoms with Gasteiger partial charge in [-0.3, -0.25) is 4.18 Å². The Kier molecular flexibility index (Phi) is 5.88. The Labute approximate surface area is 175 Å². The fourth-order valence-electron chi connectivity index (χ4n) is 3.46. The molecule has 0 unspecified atom stereocenters. The molecule has 30 heavy (non-hydrogen) atoms. The number of rotatable bonds is 6. The maximum Gasteiger partial charge on any atom is 0.333 e. The zero-order valence-electron chi connectivity index (χ0n) is 15.9. The molecular formula is C15H22N6O7S2. The van der Waals surface area contributed by atoms with Gasteiger partial charge < -0.3 is 25.4 Å². The normalized spacial score (nSPS) is 32.3. The van der Waals surface area contributed by atoms with Crippen LogP contribution in [0.15, 0.2) is 11.4 Å². The topological polar surface area (TPSA) is 198 Å². The van der Waals surface area contributed by atoms with Crippen LogP contribution in [0.25, 0.3) is 11.0 Å². The summed E-state index contributed by atoms with van der Waals surface area (Å²) in [6.07, 6.45) is -3.05. The van der Waals surface area contributed by atoms with E-state index >= 15 is 0 Å². The second kappa shape index (κ2) is 8.16. The van der Waals surface area contributed by atoms with Crippen molar-refractivity contribution in [1.82, 2.24) is 19.7 Å². The number of nitrogen functional groups attached to an aromatic ring is 1. The molecule has 6 atom stereocenters. The van der Waals surface area contributed by atoms with E-state index in [1.807, 2.05) is 6.92 Å². The molecule has 0 spiro atoms. The van der Waals surface area contributed by atoms with Crippen LogP contribution in [0.4, 0.5) is 5.82 Å². The van der Waals surface area contributed by atoms with Crippen LogP contribution in [0.3, 0.4) is 0 Å².